The third-order valence-electron chi connectivity index (χ3n) is 5.01. The van der Waals surface area contributed by atoms with Crippen molar-refractivity contribution in [2.45, 2.75) is 16.6 Å². The summed E-state index contributed by atoms with van der Waals surface area (Å²) in [5.41, 5.74) is 5.99. The summed E-state index contributed by atoms with van der Waals surface area (Å²) in [6, 6.07) is 23.8. The molecule has 3 aromatic rings. The molecule has 1 aliphatic heterocycles. The third kappa shape index (κ3) is 2.50. The predicted octanol–water partition coefficient (Wildman–Crippen LogP) is 5.97. The lowest BCUT2D eigenvalue weighted by Gasteiger charge is -2.22. The van der Waals surface area contributed by atoms with Crippen molar-refractivity contribution in [2.75, 3.05) is 0 Å². The number of nitrogens with zero attached hydrogens (tertiary/aromatic N) is 1. The molecule has 1 aliphatic carbocycles. The zero-order valence-corrected chi connectivity index (χ0v) is 14.3. The average Bonchev–Trinajstić information content (AvgIpc) is 2.92. The topological polar surface area (TPSA) is 12.4 Å². The van der Waals surface area contributed by atoms with E-state index >= 15 is 0 Å². The van der Waals surface area contributed by atoms with Crippen LogP contribution in [0.15, 0.2) is 82.7 Å². The van der Waals surface area contributed by atoms with Crippen LogP contribution in [0.4, 0.5) is 10.1 Å². The standard InChI is InChI=1S/C22H16FNS/c23-16-11-9-14(10-12-16)22-18-13-15-5-1-2-6-17(15)21(18)24-19-7-3-4-8-20(19)25-22/h1-12,18,22H,13H2/t18-,22+/m0/s1. The van der Waals surface area contributed by atoms with Crippen molar-refractivity contribution >= 4 is 23.2 Å². The lowest BCUT2D eigenvalue weighted by atomic mass is 9.94. The van der Waals surface area contributed by atoms with Crippen LogP contribution < -0.4 is 0 Å². The van der Waals surface area contributed by atoms with Crippen LogP contribution in [0, 0.1) is 11.7 Å². The summed E-state index contributed by atoms with van der Waals surface area (Å²) in [5, 5.41) is 0.232. The van der Waals surface area contributed by atoms with E-state index in [0.29, 0.717) is 5.92 Å². The molecule has 122 valence electrons. The molecule has 0 saturated heterocycles. The maximum atomic E-state index is 13.4. The van der Waals surface area contributed by atoms with E-state index in [1.54, 1.807) is 12.1 Å². The summed E-state index contributed by atoms with van der Waals surface area (Å²) >= 11 is 1.85. The predicted molar refractivity (Wildman–Crippen MR) is 101 cm³/mol. The van der Waals surface area contributed by atoms with Gasteiger partial charge in [0.05, 0.1) is 11.4 Å². The van der Waals surface area contributed by atoms with Crippen molar-refractivity contribution in [1.29, 1.82) is 0 Å². The molecule has 2 aliphatic rings. The minimum absolute atomic E-state index is 0.189. The van der Waals surface area contributed by atoms with Crippen LogP contribution >= 0.6 is 11.8 Å². The molecule has 0 amide bonds. The molecule has 1 nitrogen and oxygen atoms in total. The lowest BCUT2D eigenvalue weighted by molar-refractivity contribution is 0.624. The van der Waals surface area contributed by atoms with Crippen LogP contribution in [0.25, 0.3) is 0 Å². The monoisotopic (exact) mass is 345 g/mol. The number of rotatable bonds is 1. The van der Waals surface area contributed by atoms with Crippen LogP contribution in [-0.4, -0.2) is 5.71 Å². The Labute approximate surface area is 150 Å². The Morgan fingerprint density at radius 1 is 0.880 bits per heavy atom. The first kappa shape index (κ1) is 14.9. The highest BCUT2D eigenvalue weighted by Gasteiger charge is 2.37. The van der Waals surface area contributed by atoms with E-state index < -0.39 is 0 Å². The Balaban J connectivity index is 1.70. The SMILES string of the molecule is Fc1ccc([C@H]2Sc3ccccc3N=C3c4ccccc4C[C@@H]32)cc1. The molecule has 3 aromatic carbocycles. The number of thioether (sulfide) groups is 1. The summed E-state index contributed by atoms with van der Waals surface area (Å²) in [7, 11) is 0. The Morgan fingerprint density at radius 2 is 1.64 bits per heavy atom. The first-order valence-electron chi connectivity index (χ1n) is 8.47. The Morgan fingerprint density at radius 3 is 2.52 bits per heavy atom. The Bertz CT molecular complexity index is 977. The molecular formula is C22H16FNS. The summed E-state index contributed by atoms with van der Waals surface area (Å²) in [4.78, 5) is 6.25. The van der Waals surface area contributed by atoms with Gasteiger partial charge >= 0.3 is 0 Å². The number of benzene rings is 3. The van der Waals surface area contributed by atoms with E-state index in [4.69, 9.17) is 4.99 Å². The van der Waals surface area contributed by atoms with Crippen molar-refractivity contribution in [3.8, 4) is 0 Å². The molecule has 1 heterocycles. The molecule has 5 rings (SSSR count). The van der Waals surface area contributed by atoms with Crippen molar-refractivity contribution < 1.29 is 4.39 Å². The van der Waals surface area contributed by atoms with E-state index in [-0.39, 0.29) is 11.1 Å². The summed E-state index contributed by atoms with van der Waals surface area (Å²) in [6.07, 6.45) is 0.984. The summed E-state index contributed by atoms with van der Waals surface area (Å²) in [5.74, 6) is 0.117. The zero-order chi connectivity index (χ0) is 16.8. The number of aliphatic imine (C=N–C) groups is 1. The van der Waals surface area contributed by atoms with Gasteiger partial charge in [0.15, 0.2) is 0 Å². The van der Waals surface area contributed by atoms with Gasteiger partial charge in [-0.15, -0.1) is 11.8 Å². The van der Waals surface area contributed by atoms with Crippen LogP contribution in [0.3, 0.4) is 0 Å². The molecule has 0 fully saturated rings. The molecule has 0 bridgehead atoms. The molecule has 0 unspecified atom stereocenters. The van der Waals surface area contributed by atoms with Gasteiger partial charge in [-0.25, -0.2) is 4.39 Å². The normalized spacial score (nSPS) is 20.9. The van der Waals surface area contributed by atoms with Crippen molar-refractivity contribution in [3.63, 3.8) is 0 Å². The van der Waals surface area contributed by atoms with E-state index in [2.05, 4.69) is 42.5 Å². The van der Waals surface area contributed by atoms with Gasteiger partial charge in [0.1, 0.15) is 5.82 Å². The number of hydrogen-bond acceptors (Lipinski definition) is 2. The molecule has 0 N–H and O–H groups in total. The molecule has 2 atom stereocenters. The molecular weight excluding hydrogens is 329 g/mol. The van der Waals surface area contributed by atoms with Gasteiger partial charge in [0.25, 0.3) is 0 Å². The minimum Gasteiger partial charge on any atom is -0.251 e. The Kier molecular flexibility index (Phi) is 3.49. The highest BCUT2D eigenvalue weighted by Crippen LogP contribution is 2.51. The fourth-order valence-corrected chi connectivity index (χ4v) is 5.17. The fourth-order valence-electron chi connectivity index (χ4n) is 3.83. The highest BCUT2D eigenvalue weighted by atomic mass is 32.2. The smallest absolute Gasteiger partial charge is 0.123 e. The van der Waals surface area contributed by atoms with Gasteiger partial charge in [-0.3, -0.25) is 4.99 Å². The molecule has 0 radical (unpaired) electrons. The van der Waals surface area contributed by atoms with Gasteiger partial charge in [-0.1, -0.05) is 48.5 Å². The van der Waals surface area contributed by atoms with E-state index in [1.807, 2.05) is 30.0 Å². The van der Waals surface area contributed by atoms with Gasteiger partial charge in [0, 0.05) is 16.1 Å². The number of para-hydroxylation sites is 1. The van der Waals surface area contributed by atoms with Crippen molar-refractivity contribution in [2.24, 2.45) is 10.9 Å². The zero-order valence-electron chi connectivity index (χ0n) is 13.5. The maximum absolute atomic E-state index is 13.4. The first-order chi connectivity index (χ1) is 12.3. The minimum atomic E-state index is -0.189. The lowest BCUT2D eigenvalue weighted by Crippen LogP contribution is -2.16. The third-order valence-corrected chi connectivity index (χ3v) is 6.46. The largest absolute Gasteiger partial charge is 0.251 e. The number of hydrogen-bond donors (Lipinski definition) is 0. The first-order valence-corrected chi connectivity index (χ1v) is 9.35. The molecule has 25 heavy (non-hydrogen) atoms. The second-order valence-corrected chi connectivity index (χ2v) is 7.71. The number of halogens is 1. The highest BCUT2D eigenvalue weighted by molar-refractivity contribution is 7.99. The second-order valence-electron chi connectivity index (χ2n) is 6.52. The fraction of sp³-hybridized carbons (Fsp3) is 0.136. The van der Waals surface area contributed by atoms with Gasteiger partial charge in [0.2, 0.25) is 0 Å². The van der Waals surface area contributed by atoms with Crippen LogP contribution in [0.5, 0.6) is 0 Å². The van der Waals surface area contributed by atoms with Crippen molar-refractivity contribution in [3.05, 3.63) is 95.3 Å². The van der Waals surface area contributed by atoms with E-state index in [0.717, 1.165) is 17.7 Å². The molecule has 0 aromatic heterocycles. The van der Waals surface area contributed by atoms with Crippen LogP contribution in [0.2, 0.25) is 0 Å². The van der Waals surface area contributed by atoms with Gasteiger partial charge in [-0.05, 0) is 47.4 Å². The van der Waals surface area contributed by atoms with E-state index in [9.17, 15) is 4.39 Å². The number of fused-ring (bicyclic) bond motifs is 4. The second kappa shape index (κ2) is 5.85. The molecule has 3 heteroatoms. The van der Waals surface area contributed by atoms with Gasteiger partial charge in [-0.2, -0.15) is 0 Å². The quantitative estimate of drug-likeness (QED) is 0.529. The molecule has 0 spiro atoms. The van der Waals surface area contributed by atoms with E-state index in [1.165, 1.54) is 21.7 Å². The van der Waals surface area contributed by atoms with Gasteiger partial charge < -0.3 is 0 Å². The van der Waals surface area contributed by atoms with Crippen LogP contribution in [0.1, 0.15) is 21.9 Å². The Hall–Kier alpha value is -2.39. The van der Waals surface area contributed by atoms with Crippen molar-refractivity contribution in [1.82, 2.24) is 0 Å². The van der Waals surface area contributed by atoms with Crippen LogP contribution in [-0.2, 0) is 6.42 Å². The summed E-state index contributed by atoms with van der Waals surface area (Å²) in [6.45, 7) is 0. The molecule has 0 saturated carbocycles. The maximum Gasteiger partial charge on any atom is 0.123 e. The summed E-state index contributed by atoms with van der Waals surface area (Å²) < 4.78 is 13.4. The average molecular weight is 345 g/mol.